The van der Waals surface area contributed by atoms with Crippen molar-refractivity contribution < 1.29 is 19.1 Å². The highest BCUT2D eigenvalue weighted by molar-refractivity contribution is 5.94. The quantitative estimate of drug-likeness (QED) is 0.191. The third kappa shape index (κ3) is 11.2. The van der Waals surface area contributed by atoms with Gasteiger partial charge in [-0.25, -0.2) is 0 Å². The van der Waals surface area contributed by atoms with Crippen LogP contribution >= 0.6 is 0 Å². The van der Waals surface area contributed by atoms with E-state index in [1.54, 1.807) is 31.2 Å². The molecule has 0 aliphatic heterocycles. The van der Waals surface area contributed by atoms with Crippen LogP contribution in [0.15, 0.2) is 24.3 Å². The van der Waals surface area contributed by atoms with E-state index in [0.717, 1.165) is 12.8 Å². The number of anilines is 2. The van der Waals surface area contributed by atoms with Crippen molar-refractivity contribution in [1.29, 1.82) is 0 Å². The molecule has 0 radical (unpaired) electrons. The van der Waals surface area contributed by atoms with Crippen molar-refractivity contribution in [2.45, 2.75) is 71.6 Å². The third-order valence-corrected chi connectivity index (χ3v) is 4.13. The van der Waals surface area contributed by atoms with Gasteiger partial charge in [-0.15, -0.1) is 0 Å². The monoisotopic (exact) mass is 391 g/mol. The zero-order chi connectivity index (χ0) is 20.6. The Balaban J connectivity index is 2.22. The number of esters is 1. The zero-order valence-corrected chi connectivity index (χ0v) is 17.0. The van der Waals surface area contributed by atoms with Gasteiger partial charge in [-0.3, -0.25) is 25.2 Å². The lowest BCUT2D eigenvalue weighted by atomic mass is 10.1. The van der Waals surface area contributed by atoms with E-state index in [4.69, 9.17) is 4.74 Å². The molecular weight excluding hydrogens is 358 g/mol. The Hall–Kier alpha value is -2.57. The largest absolute Gasteiger partial charge is 0.466 e. The second-order valence-electron chi connectivity index (χ2n) is 6.65. The molecular formula is C21H33N3O4. The number of nitrogens with one attached hydrogen (secondary N) is 3. The van der Waals surface area contributed by atoms with Crippen LogP contribution in [0.1, 0.15) is 71.6 Å². The zero-order valence-electron chi connectivity index (χ0n) is 17.0. The third-order valence-electron chi connectivity index (χ3n) is 4.13. The fourth-order valence-corrected chi connectivity index (χ4v) is 2.63. The van der Waals surface area contributed by atoms with E-state index < -0.39 is 11.9 Å². The van der Waals surface area contributed by atoms with E-state index in [1.165, 1.54) is 32.1 Å². The molecule has 0 unspecified atom stereocenters. The first-order valence-corrected chi connectivity index (χ1v) is 10.2. The van der Waals surface area contributed by atoms with Gasteiger partial charge in [0.2, 0.25) is 11.8 Å². The average Bonchev–Trinajstić information content (AvgIpc) is 2.67. The molecule has 0 saturated carbocycles. The van der Waals surface area contributed by atoms with E-state index in [1.807, 2.05) is 0 Å². The van der Waals surface area contributed by atoms with Gasteiger partial charge >= 0.3 is 5.97 Å². The van der Waals surface area contributed by atoms with Crippen molar-refractivity contribution in [3.8, 4) is 0 Å². The summed E-state index contributed by atoms with van der Waals surface area (Å²) < 4.78 is 4.71. The van der Waals surface area contributed by atoms with Gasteiger partial charge in [0, 0.05) is 12.1 Å². The number of benzene rings is 1. The molecule has 0 fully saturated rings. The molecule has 2 amide bonds. The van der Waals surface area contributed by atoms with E-state index in [2.05, 4.69) is 23.1 Å². The van der Waals surface area contributed by atoms with Gasteiger partial charge in [0.15, 0.2) is 0 Å². The van der Waals surface area contributed by atoms with Crippen LogP contribution in [-0.4, -0.2) is 24.4 Å². The molecule has 0 aliphatic rings. The number of carbonyl (C=O) groups excluding carboxylic acids is 3. The van der Waals surface area contributed by atoms with Crippen molar-refractivity contribution in [2.75, 3.05) is 17.3 Å². The van der Waals surface area contributed by atoms with Gasteiger partial charge in [0.25, 0.3) is 0 Å². The first-order valence-electron chi connectivity index (χ1n) is 10.2. The van der Waals surface area contributed by atoms with Crippen LogP contribution in [0.25, 0.3) is 0 Å². The summed E-state index contributed by atoms with van der Waals surface area (Å²) in [4.78, 5) is 34.8. The second-order valence-corrected chi connectivity index (χ2v) is 6.65. The minimum Gasteiger partial charge on any atom is -0.466 e. The Morgan fingerprint density at radius 1 is 0.821 bits per heavy atom. The molecule has 0 bridgehead atoms. The van der Waals surface area contributed by atoms with Crippen molar-refractivity contribution in [3.63, 3.8) is 0 Å². The standard InChI is InChI=1S/C21H33N3O4/c1-3-5-6-7-8-9-10-11-19(25)22-17-12-14-18(15-13-17)23-24-20(26)16-21(27)28-4-2/h12-15,23H,3-11,16H2,1-2H3,(H,22,25)(H,24,26). The molecule has 0 aliphatic carbocycles. The van der Waals surface area contributed by atoms with E-state index >= 15 is 0 Å². The summed E-state index contributed by atoms with van der Waals surface area (Å²) in [5.74, 6) is -1.04. The number of hydrogen-bond acceptors (Lipinski definition) is 5. The molecule has 0 atom stereocenters. The predicted octanol–water partition coefficient (Wildman–Crippen LogP) is 4.16. The molecule has 28 heavy (non-hydrogen) atoms. The first-order chi connectivity index (χ1) is 13.5. The van der Waals surface area contributed by atoms with Gasteiger partial charge in [-0.1, -0.05) is 45.4 Å². The Morgan fingerprint density at radius 3 is 2.07 bits per heavy atom. The van der Waals surface area contributed by atoms with Crippen molar-refractivity contribution in [2.24, 2.45) is 0 Å². The smallest absolute Gasteiger partial charge is 0.315 e. The van der Waals surface area contributed by atoms with Crippen LogP contribution in [0.2, 0.25) is 0 Å². The normalized spacial score (nSPS) is 10.2. The van der Waals surface area contributed by atoms with E-state index in [0.29, 0.717) is 17.8 Å². The molecule has 0 heterocycles. The fraction of sp³-hybridized carbons (Fsp3) is 0.571. The topological polar surface area (TPSA) is 96.5 Å². The highest BCUT2D eigenvalue weighted by Crippen LogP contribution is 2.14. The van der Waals surface area contributed by atoms with Gasteiger partial charge in [0.05, 0.1) is 12.3 Å². The van der Waals surface area contributed by atoms with E-state index in [-0.39, 0.29) is 18.9 Å². The number of carbonyl (C=O) groups is 3. The number of hydrazine groups is 1. The number of hydrogen-bond donors (Lipinski definition) is 3. The minimum absolute atomic E-state index is 0.0111. The highest BCUT2D eigenvalue weighted by atomic mass is 16.5. The highest BCUT2D eigenvalue weighted by Gasteiger charge is 2.09. The Morgan fingerprint density at radius 2 is 1.43 bits per heavy atom. The summed E-state index contributed by atoms with van der Waals surface area (Å²) in [5.41, 5.74) is 6.49. The molecule has 7 nitrogen and oxygen atoms in total. The number of ether oxygens (including phenoxy) is 1. The predicted molar refractivity (Wildman–Crippen MR) is 111 cm³/mol. The second kappa shape index (κ2) is 14.5. The maximum atomic E-state index is 12.0. The molecule has 0 spiro atoms. The Bertz CT molecular complexity index is 602. The lowest BCUT2D eigenvalue weighted by Crippen LogP contribution is -2.31. The van der Waals surface area contributed by atoms with Crippen LogP contribution in [0.4, 0.5) is 11.4 Å². The summed E-state index contributed by atoms with van der Waals surface area (Å²) in [6.07, 6.45) is 8.44. The van der Waals surface area contributed by atoms with Crippen molar-refractivity contribution in [3.05, 3.63) is 24.3 Å². The summed E-state index contributed by atoms with van der Waals surface area (Å²) >= 11 is 0. The van der Waals surface area contributed by atoms with Crippen LogP contribution in [0.5, 0.6) is 0 Å². The van der Waals surface area contributed by atoms with Crippen molar-refractivity contribution >= 4 is 29.2 Å². The lowest BCUT2D eigenvalue weighted by Gasteiger charge is -2.10. The molecule has 0 aromatic heterocycles. The lowest BCUT2D eigenvalue weighted by molar-refractivity contribution is -0.145. The van der Waals surface area contributed by atoms with Crippen LogP contribution < -0.4 is 16.2 Å². The molecule has 3 N–H and O–H groups in total. The number of rotatable bonds is 14. The maximum Gasteiger partial charge on any atom is 0.315 e. The summed E-state index contributed by atoms with van der Waals surface area (Å²) in [5, 5.41) is 2.87. The van der Waals surface area contributed by atoms with Gasteiger partial charge < -0.3 is 10.1 Å². The number of unbranched alkanes of at least 4 members (excludes halogenated alkanes) is 6. The fourth-order valence-electron chi connectivity index (χ4n) is 2.63. The molecule has 0 saturated heterocycles. The van der Waals surface area contributed by atoms with Gasteiger partial charge in [-0.05, 0) is 37.6 Å². The Kier molecular flexibility index (Phi) is 12.1. The molecule has 7 heteroatoms. The summed E-state index contributed by atoms with van der Waals surface area (Å²) in [6.45, 7) is 4.13. The van der Waals surface area contributed by atoms with E-state index in [9.17, 15) is 14.4 Å². The maximum absolute atomic E-state index is 12.0. The average molecular weight is 392 g/mol. The molecule has 1 aromatic carbocycles. The van der Waals surface area contributed by atoms with Crippen LogP contribution in [0, 0.1) is 0 Å². The summed E-state index contributed by atoms with van der Waals surface area (Å²) in [7, 11) is 0. The Labute approximate surface area is 167 Å². The SMILES string of the molecule is CCCCCCCCCC(=O)Nc1ccc(NNC(=O)CC(=O)OCC)cc1. The summed E-state index contributed by atoms with van der Waals surface area (Å²) in [6, 6.07) is 6.97. The molecule has 1 aromatic rings. The molecule has 156 valence electrons. The van der Waals surface area contributed by atoms with Gasteiger partial charge in [-0.2, -0.15) is 0 Å². The first kappa shape index (κ1) is 23.5. The van der Waals surface area contributed by atoms with Crippen LogP contribution in [0.3, 0.4) is 0 Å². The van der Waals surface area contributed by atoms with Crippen molar-refractivity contribution in [1.82, 2.24) is 5.43 Å². The van der Waals surface area contributed by atoms with Crippen LogP contribution in [-0.2, 0) is 19.1 Å². The minimum atomic E-state index is -0.569. The number of amides is 2. The molecule has 1 rings (SSSR count). The van der Waals surface area contributed by atoms with Gasteiger partial charge in [0.1, 0.15) is 6.42 Å².